The van der Waals surface area contributed by atoms with E-state index in [0.717, 1.165) is 19.6 Å². The van der Waals surface area contributed by atoms with Gasteiger partial charge in [0.15, 0.2) is 5.82 Å². The Morgan fingerprint density at radius 3 is 3.07 bits per heavy atom. The molecule has 1 aliphatic rings. The Hall–Kier alpha value is -0.940. The van der Waals surface area contributed by atoms with E-state index in [2.05, 4.69) is 22.4 Å². The third kappa shape index (κ3) is 2.35. The number of rotatable bonds is 4. The van der Waals surface area contributed by atoms with E-state index in [-0.39, 0.29) is 6.10 Å². The molecule has 1 N–H and O–H groups in total. The normalized spacial score (nSPS) is 26.0. The lowest BCUT2D eigenvalue weighted by Crippen LogP contribution is -2.13. The highest BCUT2D eigenvalue weighted by Crippen LogP contribution is 2.32. The van der Waals surface area contributed by atoms with Gasteiger partial charge in [-0.05, 0) is 18.9 Å². The molecular weight excluding hydrogens is 194 g/mol. The second-order valence-corrected chi connectivity index (χ2v) is 3.89. The van der Waals surface area contributed by atoms with Crippen molar-refractivity contribution in [2.45, 2.75) is 32.9 Å². The Labute approximate surface area is 89.2 Å². The smallest absolute Gasteiger partial charge is 0.256 e. The number of nitrogens with zero attached hydrogens (tertiary/aromatic N) is 2. The minimum Gasteiger partial charge on any atom is -0.368 e. The molecule has 2 unspecified atom stereocenters. The first kappa shape index (κ1) is 10.6. The lowest BCUT2D eigenvalue weighted by molar-refractivity contribution is 0.0661. The van der Waals surface area contributed by atoms with Gasteiger partial charge in [-0.15, -0.1) is 0 Å². The average Bonchev–Trinajstić information content (AvgIpc) is 2.83. The van der Waals surface area contributed by atoms with E-state index in [1.807, 2.05) is 6.92 Å². The molecule has 1 aromatic rings. The largest absolute Gasteiger partial charge is 0.368 e. The molecule has 1 aromatic heterocycles. The van der Waals surface area contributed by atoms with E-state index in [0.29, 0.717) is 24.2 Å². The van der Waals surface area contributed by atoms with Crippen molar-refractivity contribution in [1.29, 1.82) is 0 Å². The lowest BCUT2D eigenvalue weighted by Gasteiger charge is -2.07. The van der Waals surface area contributed by atoms with E-state index < -0.39 is 0 Å². The average molecular weight is 211 g/mol. The standard InChI is InChI=1S/C10H17N3O2/c1-3-11-6-8-12-10(15-13-8)9-7(2)4-5-14-9/h7,9,11H,3-6H2,1-2H3. The van der Waals surface area contributed by atoms with Crippen molar-refractivity contribution >= 4 is 0 Å². The zero-order valence-electron chi connectivity index (χ0n) is 9.19. The summed E-state index contributed by atoms with van der Waals surface area (Å²) in [7, 11) is 0. The van der Waals surface area contributed by atoms with Crippen LogP contribution in [0, 0.1) is 5.92 Å². The fraction of sp³-hybridized carbons (Fsp3) is 0.800. The first-order valence-corrected chi connectivity index (χ1v) is 5.46. The zero-order chi connectivity index (χ0) is 10.7. The molecule has 0 spiro atoms. The summed E-state index contributed by atoms with van der Waals surface area (Å²) in [5.74, 6) is 1.79. The summed E-state index contributed by atoms with van der Waals surface area (Å²) in [6.07, 6.45) is 1.06. The third-order valence-corrected chi connectivity index (χ3v) is 2.65. The molecule has 5 nitrogen and oxygen atoms in total. The first-order valence-electron chi connectivity index (χ1n) is 5.46. The van der Waals surface area contributed by atoms with E-state index in [1.165, 1.54) is 0 Å². The van der Waals surface area contributed by atoms with Crippen LogP contribution in [0.25, 0.3) is 0 Å². The predicted molar refractivity (Wildman–Crippen MR) is 54.2 cm³/mol. The van der Waals surface area contributed by atoms with Crippen LogP contribution in [0.15, 0.2) is 4.52 Å². The molecule has 0 amide bonds. The summed E-state index contributed by atoms with van der Waals surface area (Å²) in [5.41, 5.74) is 0. The highest BCUT2D eigenvalue weighted by molar-refractivity contribution is 4.93. The van der Waals surface area contributed by atoms with Crippen molar-refractivity contribution < 1.29 is 9.26 Å². The maximum absolute atomic E-state index is 5.55. The van der Waals surface area contributed by atoms with Crippen molar-refractivity contribution in [2.24, 2.45) is 5.92 Å². The molecule has 0 bridgehead atoms. The van der Waals surface area contributed by atoms with Crippen molar-refractivity contribution in [2.75, 3.05) is 13.2 Å². The van der Waals surface area contributed by atoms with Gasteiger partial charge >= 0.3 is 0 Å². The Morgan fingerprint density at radius 2 is 2.40 bits per heavy atom. The molecule has 15 heavy (non-hydrogen) atoms. The topological polar surface area (TPSA) is 60.2 Å². The fourth-order valence-electron chi connectivity index (χ4n) is 1.70. The van der Waals surface area contributed by atoms with Gasteiger partial charge in [0.1, 0.15) is 6.10 Å². The van der Waals surface area contributed by atoms with Gasteiger partial charge in [-0.1, -0.05) is 19.0 Å². The van der Waals surface area contributed by atoms with E-state index in [9.17, 15) is 0 Å². The summed E-state index contributed by atoms with van der Waals surface area (Å²) in [6.45, 7) is 6.53. The maximum Gasteiger partial charge on any atom is 0.256 e. The molecule has 1 fully saturated rings. The van der Waals surface area contributed by atoms with Crippen LogP contribution in [-0.4, -0.2) is 23.3 Å². The predicted octanol–water partition coefficient (Wildman–Crippen LogP) is 1.28. The van der Waals surface area contributed by atoms with Gasteiger partial charge in [-0.2, -0.15) is 4.98 Å². The van der Waals surface area contributed by atoms with Gasteiger partial charge in [0.25, 0.3) is 5.89 Å². The van der Waals surface area contributed by atoms with E-state index in [4.69, 9.17) is 9.26 Å². The van der Waals surface area contributed by atoms with Crippen molar-refractivity contribution in [3.8, 4) is 0 Å². The number of ether oxygens (including phenoxy) is 1. The quantitative estimate of drug-likeness (QED) is 0.812. The second-order valence-electron chi connectivity index (χ2n) is 3.89. The highest BCUT2D eigenvalue weighted by Gasteiger charge is 2.30. The number of hydrogen-bond acceptors (Lipinski definition) is 5. The SMILES string of the molecule is CCNCc1noc(C2OCCC2C)n1. The molecule has 0 radical (unpaired) electrons. The van der Waals surface area contributed by atoms with Gasteiger partial charge in [-0.25, -0.2) is 0 Å². The van der Waals surface area contributed by atoms with Crippen LogP contribution in [0.5, 0.6) is 0 Å². The van der Waals surface area contributed by atoms with Gasteiger partial charge in [-0.3, -0.25) is 0 Å². The molecule has 1 aliphatic heterocycles. The highest BCUT2D eigenvalue weighted by atomic mass is 16.5. The molecule has 2 atom stereocenters. The number of hydrogen-bond donors (Lipinski definition) is 1. The summed E-state index contributed by atoms with van der Waals surface area (Å²) in [6, 6.07) is 0. The zero-order valence-corrected chi connectivity index (χ0v) is 9.19. The van der Waals surface area contributed by atoms with Crippen molar-refractivity contribution in [1.82, 2.24) is 15.5 Å². The monoisotopic (exact) mass is 211 g/mol. The fourth-order valence-corrected chi connectivity index (χ4v) is 1.70. The molecule has 0 aliphatic carbocycles. The Balaban J connectivity index is 1.99. The lowest BCUT2D eigenvalue weighted by atomic mass is 10.0. The Bertz CT molecular complexity index is 313. The molecule has 0 aromatic carbocycles. The van der Waals surface area contributed by atoms with Crippen molar-refractivity contribution in [3.63, 3.8) is 0 Å². The summed E-state index contributed by atoms with van der Waals surface area (Å²) >= 11 is 0. The Kier molecular flexibility index (Phi) is 3.33. The van der Waals surface area contributed by atoms with Gasteiger partial charge < -0.3 is 14.6 Å². The van der Waals surface area contributed by atoms with Gasteiger partial charge in [0.2, 0.25) is 0 Å². The maximum atomic E-state index is 5.55. The summed E-state index contributed by atoms with van der Waals surface area (Å²) in [4.78, 5) is 4.31. The molecule has 0 saturated carbocycles. The molecular formula is C10H17N3O2. The summed E-state index contributed by atoms with van der Waals surface area (Å²) in [5, 5.41) is 7.06. The number of nitrogens with one attached hydrogen (secondary N) is 1. The van der Waals surface area contributed by atoms with E-state index in [1.54, 1.807) is 0 Å². The van der Waals surface area contributed by atoms with Crippen LogP contribution in [-0.2, 0) is 11.3 Å². The third-order valence-electron chi connectivity index (χ3n) is 2.65. The molecule has 2 heterocycles. The van der Waals surface area contributed by atoms with E-state index >= 15 is 0 Å². The molecule has 5 heteroatoms. The van der Waals surface area contributed by atoms with Crippen LogP contribution in [0.1, 0.15) is 38.1 Å². The minimum absolute atomic E-state index is 0.00660. The molecule has 84 valence electrons. The summed E-state index contributed by atoms with van der Waals surface area (Å²) < 4.78 is 10.7. The van der Waals surface area contributed by atoms with Crippen LogP contribution >= 0.6 is 0 Å². The molecule has 1 saturated heterocycles. The first-order chi connectivity index (χ1) is 7.31. The number of aromatic nitrogens is 2. The van der Waals surface area contributed by atoms with Crippen LogP contribution in [0.2, 0.25) is 0 Å². The van der Waals surface area contributed by atoms with Crippen LogP contribution < -0.4 is 5.32 Å². The minimum atomic E-state index is -0.00660. The van der Waals surface area contributed by atoms with Gasteiger partial charge in [0.05, 0.1) is 6.54 Å². The Morgan fingerprint density at radius 1 is 1.53 bits per heavy atom. The second kappa shape index (κ2) is 4.72. The van der Waals surface area contributed by atoms with Gasteiger partial charge in [0, 0.05) is 6.61 Å². The van der Waals surface area contributed by atoms with Crippen molar-refractivity contribution in [3.05, 3.63) is 11.7 Å². The van der Waals surface area contributed by atoms with Crippen LogP contribution in [0.4, 0.5) is 0 Å². The molecule has 2 rings (SSSR count). The van der Waals surface area contributed by atoms with Crippen LogP contribution in [0.3, 0.4) is 0 Å².